The number of fused-ring (bicyclic) bond motifs is 1. The van der Waals surface area contributed by atoms with E-state index in [2.05, 4.69) is 83.1 Å². The molecule has 1 aromatic heterocycles. The first-order chi connectivity index (χ1) is 13.0. The van der Waals surface area contributed by atoms with Crippen LogP contribution < -0.4 is 5.32 Å². The zero-order valence-corrected chi connectivity index (χ0v) is 17.0. The molecule has 3 rings (SSSR count). The van der Waals surface area contributed by atoms with E-state index < -0.39 is 0 Å². The first-order valence-electron chi connectivity index (χ1n) is 9.92. The predicted octanol–water partition coefficient (Wildman–Crippen LogP) is 3.22. The molecule has 1 aliphatic heterocycles. The quantitative estimate of drug-likeness (QED) is 0.824. The summed E-state index contributed by atoms with van der Waals surface area (Å²) in [5, 5.41) is 4.72. The summed E-state index contributed by atoms with van der Waals surface area (Å²) in [6, 6.07) is 7.33. The minimum atomic E-state index is 0.476. The number of likely N-dealkylation sites (tertiary alicyclic amines) is 1. The van der Waals surface area contributed by atoms with E-state index in [1.165, 1.54) is 0 Å². The van der Waals surface area contributed by atoms with E-state index >= 15 is 0 Å². The van der Waals surface area contributed by atoms with Crippen LogP contribution in [0.2, 0.25) is 0 Å². The molecule has 27 heavy (non-hydrogen) atoms. The third kappa shape index (κ3) is 5.41. The molecule has 0 unspecified atom stereocenters. The van der Waals surface area contributed by atoms with Gasteiger partial charge in [0.15, 0.2) is 0 Å². The molecule has 0 saturated carbocycles. The Kier molecular flexibility index (Phi) is 6.65. The molecule has 1 aromatic carbocycles. The van der Waals surface area contributed by atoms with Gasteiger partial charge in [-0.15, -0.1) is 0 Å². The Bertz CT molecular complexity index is 810. The van der Waals surface area contributed by atoms with Crippen LogP contribution in [-0.4, -0.2) is 65.6 Å². The molecule has 1 aliphatic rings. The SMILES string of the molecule is CC(C)N1CCC(Nc2ncnc3cc(C#CCCN(C)C)ccc23)CC1. The Morgan fingerprint density at radius 1 is 1.22 bits per heavy atom. The van der Waals surface area contributed by atoms with Gasteiger partial charge in [-0.3, -0.25) is 0 Å². The van der Waals surface area contributed by atoms with E-state index in [1.54, 1.807) is 6.33 Å². The Morgan fingerprint density at radius 2 is 2.00 bits per heavy atom. The van der Waals surface area contributed by atoms with Crippen molar-refractivity contribution in [2.75, 3.05) is 39.0 Å². The molecule has 1 N–H and O–H groups in total. The Hall–Kier alpha value is -2.16. The molecule has 0 spiro atoms. The van der Waals surface area contributed by atoms with Crippen molar-refractivity contribution >= 4 is 16.7 Å². The summed E-state index contributed by atoms with van der Waals surface area (Å²) in [7, 11) is 4.13. The summed E-state index contributed by atoms with van der Waals surface area (Å²) in [4.78, 5) is 13.6. The van der Waals surface area contributed by atoms with Gasteiger partial charge in [-0.25, -0.2) is 9.97 Å². The van der Waals surface area contributed by atoms with Gasteiger partial charge in [0.25, 0.3) is 0 Å². The topological polar surface area (TPSA) is 44.3 Å². The second-order valence-corrected chi connectivity index (χ2v) is 7.86. The van der Waals surface area contributed by atoms with Crippen LogP contribution in [0.25, 0.3) is 10.9 Å². The Morgan fingerprint density at radius 3 is 2.70 bits per heavy atom. The van der Waals surface area contributed by atoms with Crippen molar-refractivity contribution in [1.29, 1.82) is 0 Å². The number of hydrogen-bond donors (Lipinski definition) is 1. The van der Waals surface area contributed by atoms with Crippen LogP contribution in [0.5, 0.6) is 0 Å². The zero-order valence-electron chi connectivity index (χ0n) is 17.0. The molecular formula is C22H31N5. The highest BCUT2D eigenvalue weighted by Crippen LogP contribution is 2.23. The molecule has 0 atom stereocenters. The van der Waals surface area contributed by atoms with Crippen LogP contribution in [0.3, 0.4) is 0 Å². The van der Waals surface area contributed by atoms with Crippen LogP contribution in [0.4, 0.5) is 5.82 Å². The number of piperidine rings is 1. The lowest BCUT2D eigenvalue weighted by Crippen LogP contribution is -2.42. The first kappa shape index (κ1) is 19.6. The van der Waals surface area contributed by atoms with E-state index in [9.17, 15) is 0 Å². The lowest BCUT2D eigenvalue weighted by molar-refractivity contribution is 0.177. The van der Waals surface area contributed by atoms with Gasteiger partial charge in [0.2, 0.25) is 0 Å². The van der Waals surface area contributed by atoms with Crippen molar-refractivity contribution < 1.29 is 0 Å². The van der Waals surface area contributed by atoms with E-state index in [-0.39, 0.29) is 0 Å². The van der Waals surface area contributed by atoms with Crippen molar-refractivity contribution in [1.82, 2.24) is 19.8 Å². The highest BCUT2D eigenvalue weighted by molar-refractivity contribution is 5.89. The maximum atomic E-state index is 4.50. The van der Waals surface area contributed by atoms with Crippen LogP contribution in [-0.2, 0) is 0 Å². The van der Waals surface area contributed by atoms with E-state index in [1.807, 2.05) is 0 Å². The Balaban J connectivity index is 1.68. The minimum absolute atomic E-state index is 0.476. The van der Waals surface area contributed by atoms with Gasteiger partial charge in [-0.05, 0) is 59.0 Å². The van der Waals surface area contributed by atoms with Gasteiger partial charge in [0.05, 0.1) is 5.52 Å². The lowest BCUT2D eigenvalue weighted by atomic mass is 10.0. The maximum Gasteiger partial charge on any atom is 0.137 e. The smallest absolute Gasteiger partial charge is 0.137 e. The van der Waals surface area contributed by atoms with Crippen molar-refractivity contribution in [2.24, 2.45) is 0 Å². The lowest BCUT2D eigenvalue weighted by Gasteiger charge is -2.35. The van der Waals surface area contributed by atoms with Crippen LogP contribution in [0, 0.1) is 11.8 Å². The van der Waals surface area contributed by atoms with Gasteiger partial charge in [-0.2, -0.15) is 0 Å². The van der Waals surface area contributed by atoms with Crippen molar-refractivity contribution in [3.05, 3.63) is 30.1 Å². The van der Waals surface area contributed by atoms with Crippen LogP contribution >= 0.6 is 0 Å². The number of hydrogen-bond acceptors (Lipinski definition) is 5. The number of rotatable bonds is 5. The number of nitrogens with one attached hydrogen (secondary N) is 1. The molecule has 0 radical (unpaired) electrons. The van der Waals surface area contributed by atoms with E-state index in [4.69, 9.17) is 0 Å². The summed E-state index contributed by atoms with van der Waals surface area (Å²) < 4.78 is 0. The second kappa shape index (κ2) is 9.16. The van der Waals surface area contributed by atoms with Gasteiger partial charge in [0, 0.05) is 49.1 Å². The molecule has 0 aliphatic carbocycles. The normalized spacial score (nSPS) is 15.9. The third-order valence-electron chi connectivity index (χ3n) is 5.15. The second-order valence-electron chi connectivity index (χ2n) is 7.86. The fraction of sp³-hybridized carbons (Fsp3) is 0.545. The molecule has 1 fully saturated rings. The number of anilines is 1. The molecular weight excluding hydrogens is 334 g/mol. The summed E-state index contributed by atoms with van der Waals surface area (Å²) >= 11 is 0. The summed E-state index contributed by atoms with van der Waals surface area (Å²) in [5.74, 6) is 7.42. The molecule has 1 saturated heterocycles. The summed E-state index contributed by atoms with van der Waals surface area (Å²) in [5.41, 5.74) is 1.96. The van der Waals surface area contributed by atoms with Gasteiger partial charge in [0.1, 0.15) is 12.1 Å². The average molecular weight is 366 g/mol. The van der Waals surface area contributed by atoms with Crippen LogP contribution in [0.15, 0.2) is 24.5 Å². The number of nitrogens with zero attached hydrogens (tertiary/aromatic N) is 4. The zero-order chi connectivity index (χ0) is 19.2. The highest BCUT2D eigenvalue weighted by atomic mass is 15.2. The standard InChI is InChI=1S/C22H31N5/c1-17(2)27-13-10-19(11-14-27)25-22-20-9-8-18(7-5-6-12-26(3)4)15-21(20)23-16-24-22/h8-9,15-17,19H,6,10-14H2,1-4H3,(H,23,24,25). The van der Waals surface area contributed by atoms with Crippen LogP contribution in [0.1, 0.15) is 38.7 Å². The molecule has 0 bridgehead atoms. The number of aromatic nitrogens is 2. The minimum Gasteiger partial charge on any atom is -0.367 e. The first-order valence-corrected chi connectivity index (χ1v) is 9.92. The Labute approximate surface area is 163 Å². The molecule has 0 amide bonds. The molecule has 144 valence electrons. The number of benzene rings is 1. The van der Waals surface area contributed by atoms with Crippen molar-refractivity contribution in [3.63, 3.8) is 0 Å². The van der Waals surface area contributed by atoms with Gasteiger partial charge in [-0.1, -0.05) is 11.8 Å². The summed E-state index contributed by atoms with van der Waals surface area (Å²) in [6.07, 6.45) is 4.83. The molecule has 5 nitrogen and oxygen atoms in total. The fourth-order valence-electron chi connectivity index (χ4n) is 3.45. The molecule has 2 heterocycles. The van der Waals surface area contributed by atoms with Gasteiger partial charge < -0.3 is 15.1 Å². The maximum absolute atomic E-state index is 4.50. The average Bonchev–Trinajstić information content (AvgIpc) is 2.65. The van der Waals surface area contributed by atoms with E-state index in [0.717, 1.165) is 61.2 Å². The predicted molar refractivity (Wildman–Crippen MR) is 113 cm³/mol. The highest BCUT2D eigenvalue weighted by Gasteiger charge is 2.21. The fourth-order valence-corrected chi connectivity index (χ4v) is 3.45. The van der Waals surface area contributed by atoms with E-state index in [0.29, 0.717) is 12.1 Å². The largest absolute Gasteiger partial charge is 0.367 e. The van der Waals surface area contributed by atoms with Crippen molar-refractivity contribution in [2.45, 2.75) is 45.2 Å². The molecule has 2 aromatic rings. The monoisotopic (exact) mass is 365 g/mol. The molecule has 5 heteroatoms. The third-order valence-corrected chi connectivity index (χ3v) is 5.15. The van der Waals surface area contributed by atoms with Gasteiger partial charge >= 0.3 is 0 Å². The van der Waals surface area contributed by atoms with Crippen molar-refractivity contribution in [3.8, 4) is 11.8 Å². The summed E-state index contributed by atoms with van der Waals surface area (Å²) in [6.45, 7) is 7.81.